The van der Waals surface area contributed by atoms with Crippen molar-refractivity contribution in [1.82, 2.24) is 29.8 Å². The molecule has 9 heteroatoms. The molecule has 0 radical (unpaired) electrons. The molecule has 2 N–H and O–H groups in total. The lowest BCUT2D eigenvalue weighted by Gasteiger charge is -2.37. The summed E-state index contributed by atoms with van der Waals surface area (Å²) in [5.41, 5.74) is 7.24. The van der Waals surface area contributed by atoms with Crippen LogP contribution in [-0.2, 0) is 6.54 Å². The molecule has 0 bridgehead atoms. The smallest absolute Gasteiger partial charge is 0.251 e. The van der Waals surface area contributed by atoms with Crippen LogP contribution in [0.2, 0.25) is 0 Å². The first-order valence-electron chi connectivity index (χ1n) is 11.7. The van der Waals surface area contributed by atoms with Crippen LogP contribution in [0.3, 0.4) is 0 Å². The van der Waals surface area contributed by atoms with Gasteiger partial charge in [0.1, 0.15) is 6.33 Å². The summed E-state index contributed by atoms with van der Waals surface area (Å²) in [5.74, 6) is 0.569. The minimum atomic E-state index is -0.0518. The van der Waals surface area contributed by atoms with Gasteiger partial charge in [-0.1, -0.05) is 18.7 Å². The first-order valence-corrected chi connectivity index (χ1v) is 11.7. The molecule has 0 spiro atoms. The van der Waals surface area contributed by atoms with Crippen LogP contribution in [-0.4, -0.2) is 56.6 Å². The first-order chi connectivity index (χ1) is 17.1. The van der Waals surface area contributed by atoms with Gasteiger partial charge in [-0.3, -0.25) is 4.79 Å². The zero-order valence-electron chi connectivity index (χ0n) is 19.5. The van der Waals surface area contributed by atoms with Crippen molar-refractivity contribution in [2.45, 2.75) is 13.5 Å². The van der Waals surface area contributed by atoms with Gasteiger partial charge >= 0.3 is 0 Å². The Bertz CT molecular complexity index is 1430. The van der Waals surface area contributed by atoms with Crippen molar-refractivity contribution in [2.75, 3.05) is 36.4 Å². The van der Waals surface area contributed by atoms with Crippen LogP contribution in [0.5, 0.6) is 0 Å². The second kappa shape index (κ2) is 8.43. The lowest BCUT2D eigenvalue weighted by molar-refractivity contribution is 0.0965. The number of anilines is 3. The zero-order chi connectivity index (χ0) is 23.9. The second-order valence-electron chi connectivity index (χ2n) is 8.88. The number of aromatic nitrogens is 4. The Balaban J connectivity index is 1.24. The summed E-state index contributed by atoms with van der Waals surface area (Å²) >= 11 is 0. The van der Waals surface area contributed by atoms with Gasteiger partial charge in [-0.25, -0.2) is 14.5 Å². The number of hydrogen-bond acceptors (Lipinski definition) is 7. The third kappa shape index (κ3) is 3.74. The lowest BCUT2D eigenvalue weighted by Crippen LogP contribution is -2.45. The van der Waals surface area contributed by atoms with Crippen LogP contribution < -0.4 is 15.5 Å². The summed E-state index contributed by atoms with van der Waals surface area (Å²) in [6.45, 7) is 10.6. The van der Waals surface area contributed by atoms with Crippen LogP contribution in [0, 0.1) is 0 Å². The number of carbonyl (C=O) groups is 1. The number of allylic oxidation sites excluding steroid dienone is 1. The Kier molecular flexibility index (Phi) is 5.09. The van der Waals surface area contributed by atoms with E-state index in [-0.39, 0.29) is 5.91 Å². The normalized spacial score (nSPS) is 15.3. The molecular weight excluding hydrogens is 440 g/mol. The maximum atomic E-state index is 12.1. The molecule has 4 heterocycles. The van der Waals surface area contributed by atoms with Crippen LogP contribution in [0.1, 0.15) is 22.8 Å². The molecule has 2 aliphatic rings. The summed E-state index contributed by atoms with van der Waals surface area (Å²) in [6, 6.07) is 14.1. The van der Waals surface area contributed by atoms with E-state index in [0.717, 1.165) is 54.4 Å². The van der Waals surface area contributed by atoms with E-state index in [1.165, 1.54) is 12.0 Å². The SMILES string of the molecule is C=C(C)N1CCN(c2ccc(Nc3ncc(-c4cccc5c4CNC5=O)n4ncnc34)cc2)CC1. The number of hydrogen-bond donors (Lipinski definition) is 2. The van der Waals surface area contributed by atoms with Gasteiger partial charge in [-0.05, 0) is 42.8 Å². The standard InChI is InChI=1S/C26H26N8O/c1-17(2)32-10-12-33(13-11-32)19-8-6-18(7-9-19)31-24-25-29-16-30-34(25)23(15-27-24)20-4-3-5-21-22(20)14-28-26(21)35/h3-9,15-16H,1,10-14H2,2H3,(H,27,31)(H,28,35). The fourth-order valence-electron chi connectivity index (χ4n) is 4.82. The minimum Gasteiger partial charge on any atom is -0.372 e. The Morgan fingerprint density at radius 2 is 1.80 bits per heavy atom. The van der Waals surface area contributed by atoms with E-state index in [9.17, 15) is 4.79 Å². The number of rotatable bonds is 5. The molecule has 0 unspecified atom stereocenters. The van der Waals surface area contributed by atoms with Crippen LogP contribution in [0.4, 0.5) is 17.2 Å². The van der Waals surface area contributed by atoms with Crippen molar-refractivity contribution in [3.05, 3.63) is 78.4 Å². The number of carbonyl (C=O) groups excluding carboxylic acids is 1. The predicted molar refractivity (Wildman–Crippen MR) is 136 cm³/mol. The van der Waals surface area contributed by atoms with Crippen molar-refractivity contribution >= 4 is 28.7 Å². The predicted octanol–water partition coefficient (Wildman–Crippen LogP) is 3.43. The van der Waals surface area contributed by atoms with Gasteiger partial charge < -0.3 is 20.4 Å². The fraction of sp³-hybridized carbons (Fsp3) is 0.231. The van der Waals surface area contributed by atoms with Crippen LogP contribution >= 0.6 is 0 Å². The molecule has 4 aromatic rings. The summed E-state index contributed by atoms with van der Waals surface area (Å²) in [5, 5.41) is 10.7. The summed E-state index contributed by atoms with van der Waals surface area (Å²) in [4.78, 5) is 25.9. The van der Waals surface area contributed by atoms with Crippen molar-refractivity contribution in [2.24, 2.45) is 0 Å². The number of fused-ring (bicyclic) bond motifs is 2. The fourth-order valence-corrected chi connectivity index (χ4v) is 4.82. The number of nitrogens with one attached hydrogen (secondary N) is 2. The highest BCUT2D eigenvalue weighted by Crippen LogP contribution is 2.31. The molecule has 0 saturated carbocycles. The van der Waals surface area contributed by atoms with E-state index in [0.29, 0.717) is 23.6 Å². The van der Waals surface area contributed by atoms with Crippen molar-refractivity contribution in [1.29, 1.82) is 0 Å². The lowest BCUT2D eigenvalue weighted by atomic mass is 10.0. The summed E-state index contributed by atoms with van der Waals surface area (Å²) < 4.78 is 1.77. The zero-order valence-corrected chi connectivity index (χ0v) is 19.5. The average molecular weight is 467 g/mol. The second-order valence-corrected chi connectivity index (χ2v) is 8.88. The van der Waals surface area contributed by atoms with Gasteiger partial charge in [0.15, 0.2) is 11.5 Å². The largest absolute Gasteiger partial charge is 0.372 e. The summed E-state index contributed by atoms with van der Waals surface area (Å²) in [6.07, 6.45) is 3.30. The molecule has 2 aliphatic heterocycles. The average Bonchev–Trinajstić information content (AvgIpc) is 3.53. The van der Waals surface area contributed by atoms with Gasteiger partial charge in [0.25, 0.3) is 5.91 Å². The molecule has 1 amide bonds. The highest BCUT2D eigenvalue weighted by Gasteiger charge is 2.24. The van der Waals surface area contributed by atoms with E-state index in [4.69, 9.17) is 0 Å². The molecule has 2 aromatic carbocycles. The highest BCUT2D eigenvalue weighted by atomic mass is 16.1. The van der Waals surface area contributed by atoms with Gasteiger partial charge in [0.05, 0.1) is 11.9 Å². The van der Waals surface area contributed by atoms with Crippen LogP contribution in [0.25, 0.3) is 16.9 Å². The topological polar surface area (TPSA) is 90.7 Å². The Morgan fingerprint density at radius 1 is 1.03 bits per heavy atom. The number of piperazine rings is 1. The van der Waals surface area contributed by atoms with Gasteiger partial charge in [0.2, 0.25) is 0 Å². The van der Waals surface area contributed by atoms with E-state index < -0.39 is 0 Å². The number of amides is 1. The van der Waals surface area contributed by atoms with Gasteiger partial charge in [-0.2, -0.15) is 5.10 Å². The maximum absolute atomic E-state index is 12.1. The molecule has 0 atom stereocenters. The Morgan fingerprint density at radius 3 is 2.57 bits per heavy atom. The van der Waals surface area contributed by atoms with E-state index in [2.05, 4.69) is 73.3 Å². The molecule has 6 rings (SSSR count). The first kappa shape index (κ1) is 21.2. The van der Waals surface area contributed by atoms with Gasteiger partial charge in [-0.15, -0.1) is 0 Å². The number of benzene rings is 2. The third-order valence-electron chi connectivity index (χ3n) is 6.74. The van der Waals surface area contributed by atoms with Crippen molar-refractivity contribution in [3.8, 4) is 11.3 Å². The molecule has 35 heavy (non-hydrogen) atoms. The maximum Gasteiger partial charge on any atom is 0.251 e. The molecule has 2 aromatic heterocycles. The van der Waals surface area contributed by atoms with E-state index in [1.807, 2.05) is 18.2 Å². The van der Waals surface area contributed by atoms with E-state index >= 15 is 0 Å². The molecule has 9 nitrogen and oxygen atoms in total. The number of nitrogens with zero attached hydrogens (tertiary/aromatic N) is 6. The van der Waals surface area contributed by atoms with Crippen LogP contribution in [0.15, 0.2) is 67.3 Å². The van der Waals surface area contributed by atoms with E-state index in [1.54, 1.807) is 10.7 Å². The molecule has 0 aliphatic carbocycles. The summed E-state index contributed by atoms with van der Waals surface area (Å²) in [7, 11) is 0. The Labute approximate surface area is 203 Å². The Hall–Kier alpha value is -4.40. The minimum absolute atomic E-state index is 0.0518. The molecule has 1 fully saturated rings. The third-order valence-corrected chi connectivity index (χ3v) is 6.74. The quantitative estimate of drug-likeness (QED) is 0.466. The molecule has 176 valence electrons. The molecular formula is C26H26N8O. The van der Waals surface area contributed by atoms with Gasteiger partial charge in [0, 0.05) is 60.9 Å². The van der Waals surface area contributed by atoms with Crippen molar-refractivity contribution in [3.63, 3.8) is 0 Å². The molecule has 1 saturated heterocycles. The highest BCUT2D eigenvalue weighted by molar-refractivity contribution is 6.00. The van der Waals surface area contributed by atoms with Crippen molar-refractivity contribution < 1.29 is 4.79 Å². The monoisotopic (exact) mass is 466 g/mol.